The van der Waals surface area contributed by atoms with Crippen LogP contribution in [0.1, 0.15) is 0 Å². The number of benzene rings is 1. The van der Waals surface area contributed by atoms with Crippen molar-refractivity contribution in [3.63, 3.8) is 0 Å². The lowest BCUT2D eigenvalue weighted by Crippen LogP contribution is -1.96. The highest BCUT2D eigenvalue weighted by Gasteiger charge is 2.12. The molecule has 0 aliphatic heterocycles. The zero-order chi connectivity index (χ0) is 15.0. The predicted octanol–water partition coefficient (Wildman–Crippen LogP) is 3.36. The summed E-state index contributed by atoms with van der Waals surface area (Å²) in [6.07, 6.45) is 1.61. The summed E-state index contributed by atoms with van der Waals surface area (Å²) in [5, 5.41) is 4.58. The molecular weight excluding hydrogens is 310 g/mol. The number of methoxy groups -OCH3 is 2. The van der Waals surface area contributed by atoms with E-state index in [0.717, 1.165) is 5.56 Å². The number of thiol groups is 1. The third-order valence-electron chi connectivity index (χ3n) is 3.09. The van der Waals surface area contributed by atoms with E-state index < -0.39 is 0 Å². The minimum atomic E-state index is 0.463. The van der Waals surface area contributed by atoms with Crippen LogP contribution in [0, 0.1) is 0 Å². The Kier molecular flexibility index (Phi) is 3.65. The van der Waals surface area contributed by atoms with Crippen molar-refractivity contribution in [2.45, 2.75) is 4.90 Å². The van der Waals surface area contributed by atoms with Crippen LogP contribution in [0.25, 0.3) is 16.9 Å². The van der Waals surface area contributed by atoms with Gasteiger partial charge in [-0.15, -0.1) is 12.6 Å². The molecule has 0 atom stereocenters. The zero-order valence-corrected chi connectivity index (χ0v) is 13.0. The maximum atomic E-state index is 6.23. The van der Waals surface area contributed by atoms with Crippen molar-refractivity contribution in [3.05, 3.63) is 35.6 Å². The number of ether oxygens (including phenoxy) is 2. The van der Waals surface area contributed by atoms with Crippen LogP contribution in [0.15, 0.2) is 35.4 Å². The number of hydrogen-bond acceptors (Lipinski definition) is 5. The number of halogens is 1. The summed E-state index contributed by atoms with van der Waals surface area (Å²) in [6.45, 7) is 0. The lowest BCUT2D eigenvalue weighted by atomic mass is 10.1. The molecule has 0 N–H and O–H groups in total. The Morgan fingerprint density at radius 3 is 2.62 bits per heavy atom. The second-order valence-corrected chi connectivity index (χ2v) is 5.17. The van der Waals surface area contributed by atoms with Crippen LogP contribution in [-0.2, 0) is 0 Å². The fourth-order valence-corrected chi connectivity index (χ4v) is 2.48. The molecule has 0 amide bonds. The lowest BCUT2D eigenvalue weighted by molar-refractivity contribution is 0.355. The van der Waals surface area contributed by atoms with Crippen molar-refractivity contribution >= 4 is 29.9 Å². The molecule has 0 aliphatic rings. The van der Waals surface area contributed by atoms with Gasteiger partial charge in [-0.1, -0.05) is 11.6 Å². The number of aromatic nitrogens is 3. The van der Waals surface area contributed by atoms with Gasteiger partial charge in [-0.25, -0.2) is 9.50 Å². The maximum absolute atomic E-state index is 6.23. The molecule has 7 heteroatoms. The second kappa shape index (κ2) is 5.46. The Hall–Kier alpha value is -1.92. The SMILES string of the molecule is COc1ccc(-c2cc(Cl)n3ncc(S)c3n2)cc1OC. The van der Waals surface area contributed by atoms with Gasteiger partial charge in [0.2, 0.25) is 0 Å². The monoisotopic (exact) mass is 321 g/mol. The topological polar surface area (TPSA) is 48.7 Å². The van der Waals surface area contributed by atoms with Crippen molar-refractivity contribution in [3.8, 4) is 22.8 Å². The zero-order valence-electron chi connectivity index (χ0n) is 11.4. The normalized spacial score (nSPS) is 10.9. The Bertz CT molecular complexity index is 819. The minimum Gasteiger partial charge on any atom is -0.493 e. The van der Waals surface area contributed by atoms with E-state index in [-0.39, 0.29) is 0 Å². The van der Waals surface area contributed by atoms with E-state index in [1.807, 2.05) is 18.2 Å². The fourth-order valence-electron chi connectivity index (χ4n) is 2.06. The molecule has 0 spiro atoms. The molecule has 0 fully saturated rings. The highest BCUT2D eigenvalue weighted by Crippen LogP contribution is 2.33. The first kappa shape index (κ1) is 14.0. The van der Waals surface area contributed by atoms with Crippen LogP contribution < -0.4 is 9.47 Å². The van der Waals surface area contributed by atoms with Crippen molar-refractivity contribution < 1.29 is 9.47 Å². The Labute approximate surface area is 131 Å². The summed E-state index contributed by atoms with van der Waals surface area (Å²) >= 11 is 10.6. The van der Waals surface area contributed by atoms with Crippen LogP contribution in [0.3, 0.4) is 0 Å². The first-order valence-electron chi connectivity index (χ1n) is 6.09. The molecule has 2 aromatic heterocycles. The third-order valence-corrected chi connectivity index (χ3v) is 3.67. The molecule has 0 bridgehead atoms. The smallest absolute Gasteiger partial charge is 0.170 e. The first-order valence-corrected chi connectivity index (χ1v) is 6.92. The molecule has 1 aromatic carbocycles. The van der Waals surface area contributed by atoms with E-state index in [4.69, 9.17) is 21.1 Å². The van der Waals surface area contributed by atoms with Gasteiger partial charge in [0.1, 0.15) is 5.15 Å². The summed E-state index contributed by atoms with van der Waals surface area (Å²) in [5.41, 5.74) is 2.19. The first-order chi connectivity index (χ1) is 10.1. The summed E-state index contributed by atoms with van der Waals surface area (Å²) in [6, 6.07) is 7.32. The van der Waals surface area contributed by atoms with Crippen molar-refractivity contribution in [1.29, 1.82) is 0 Å². The Morgan fingerprint density at radius 1 is 1.14 bits per heavy atom. The van der Waals surface area contributed by atoms with Crippen LogP contribution in [0.5, 0.6) is 11.5 Å². The molecule has 0 unspecified atom stereocenters. The highest BCUT2D eigenvalue weighted by molar-refractivity contribution is 7.80. The molecule has 0 aliphatic carbocycles. The largest absolute Gasteiger partial charge is 0.493 e. The van der Waals surface area contributed by atoms with Crippen LogP contribution in [0.2, 0.25) is 5.15 Å². The maximum Gasteiger partial charge on any atom is 0.170 e. The number of hydrogen-bond donors (Lipinski definition) is 1. The van der Waals surface area contributed by atoms with Crippen molar-refractivity contribution in [1.82, 2.24) is 14.6 Å². The van der Waals surface area contributed by atoms with Gasteiger partial charge in [-0.05, 0) is 18.2 Å². The average Bonchev–Trinajstić information content (AvgIpc) is 2.88. The molecule has 21 heavy (non-hydrogen) atoms. The van der Waals surface area contributed by atoms with Crippen molar-refractivity contribution in [2.24, 2.45) is 0 Å². The van der Waals surface area contributed by atoms with Crippen LogP contribution in [-0.4, -0.2) is 28.8 Å². The predicted molar refractivity (Wildman–Crippen MR) is 83.8 cm³/mol. The van der Waals surface area contributed by atoms with E-state index >= 15 is 0 Å². The molecule has 3 aromatic rings. The number of fused-ring (bicyclic) bond motifs is 1. The summed E-state index contributed by atoms with van der Waals surface area (Å²) in [4.78, 5) is 5.21. The van der Waals surface area contributed by atoms with Gasteiger partial charge >= 0.3 is 0 Å². The van der Waals surface area contributed by atoms with Gasteiger partial charge in [0, 0.05) is 11.6 Å². The van der Waals surface area contributed by atoms with Crippen LogP contribution in [0.4, 0.5) is 0 Å². The molecule has 5 nitrogen and oxygen atoms in total. The lowest BCUT2D eigenvalue weighted by Gasteiger charge is -2.10. The molecular formula is C14H12ClN3O2S. The third kappa shape index (κ3) is 2.41. The van der Waals surface area contributed by atoms with Gasteiger partial charge in [0.15, 0.2) is 17.1 Å². The van der Waals surface area contributed by atoms with E-state index in [0.29, 0.717) is 32.9 Å². The van der Waals surface area contributed by atoms with E-state index in [1.165, 1.54) is 4.52 Å². The quantitative estimate of drug-likeness (QED) is 0.593. The standard InChI is InChI=1S/C14H12ClN3O2S/c1-19-10-4-3-8(5-11(10)20-2)9-6-13(15)18-14(17-9)12(21)7-16-18/h3-7,21H,1-2H3. The van der Waals surface area contributed by atoms with E-state index in [9.17, 15) is 0 Å². The Morgan fingerprint density at radius 2 is 1.90 bits per heavy atom. The molecule has 108 valence electrons. The van der Waals surface area contributed by atoms with E-state index in [1.54, 1.807) is 26.5 Å². The van der Waals surface area contributed by atoms with Gasteiger partial charge in [0.25, 0.3) is 0 Å². The van der Waals surface area contributed by atoms with Crippen LogP contribution >= 0.6 is 24.2 Å². The van der Waals surface area contributed by atoms with E-state index in [2.05, 4.69) is 22.7 Å². The molecule has 0 saturated carbocycles. The number of nitrogens with zero attached hydrogens (tertiary/aromatic N) is 3. The summed E-state index contributed by atoms with van der Waals surface area (Å²) in [7, 11) is 3.19. The molecule has 2 heterocycles. The van der Waals surface area contributed by atoms with Gasteiger partial charge < -0.3 is 9.47 Å². The van der Waals surface area contributed by atoms with Gasteiger partial charge in [-0.3, -0.25) is 0 Å². The van der Waals surface area contributed by atoms with Gasteiger partial charge in [-0.2, -0.15) is 5.10 Å². The second-order valence-electron chi connectivity index (χ2n) is 4.30. The minimum absolute atomic E-state index is 0.463. The molecule has 3 rings (SSSR count). The fraction of sp³-hybridized carbons (Fsp3) is 0.143. The summed E-state index contributed by atoms with van der Waals surface area (Å²) in [5.74, 6) is 1.29. The molecule has 0 saturated heterocycles. The molecule has 0 radical (unpaired) electrons. The summed E-state index contributed by atoms with van der Waals surface area (Å²) < 4.78 is 12.1. The average molecular weight is 322 g/mol. The van der Waals surface area contributed by atoms with Gasteiger partial charge in [0.05, 0.1) is 31.0 Å². The highest BCUT2D eigenvalue weighted by atomic mass is 35.5. The number of rotatable bonds is 3. The van der Waals surface area contributed by atoms with Crippen molar-refractivity contribution in [2.75, 3.05) is 14.2 Å². The Balaban J connectivity index is 2.18.